The summed E-state index contributed by atoms with van der Waals surface area (Å²) < 4.78 is 0. The molecule has 0 atom stereocenters. The van der Waals surface area contributed by atoms with Crippen molar-refractivity contribution in [2.45, 2.75) is 0 Å². The Balaban J connectivity index is 0.000000160. The fourth-order valence-corrected chi connectivity index (χ4v) is 1.73. The minimum absolute atomic E-state index is 0.147. The number of hydrogen-bond acceptors (Lipinski definition) is 4. The summed E-state index contributed by atoms with van der Waals surface area (Å²) in [5.74, 6) is 0.147. The molecule has 5 N–H and O–H groups in total. The summed E-state index contributed by atoms with van der Waals surface area (Å²) in [6.07, 6.45) is 6.70. The Morgan fingerprint density at radius 1 is 0.850 bits per heavy atom. The second-order valence-electron chi connectivity index (χ2n) is 4.30. The first-order valence-electron chi connectivity index (χ1n) is 6.07. The molecule has 0 radical (unpaired) electrons. The molecule has 0 fully saturated rings. The molecule has 2 aromatic rings. The largest absolute Gasteiger partial charge is 0.506 e. The summed E-state index contributed by atoms with van der Waals surface area (Å²) in [4.78, 5) is 0. The number of fused-ring (bicyclic) bond motifs is 1. The highest BCUT2D eigenvalue weighted by molar-refractivity contribution is 6.48. The van der Waals surface area contributed by atoms with Gasteiger partial charge in [-0.15, -0.1) is 0 Å². The molecule has 0 heterocycles. The van der Waals surface area contributed by atoms with Gasteiger partial charge in [-0.2, -0.15) is 0 Å². The number of benzene rings is 2. The molecular weight excluding hydrogens is 250 g/mol. The molecule has 0 spiro atoms. The molecule has 0 saturated carbocycles. The highest BCUT2D eigenvalue weighted by Gasteiger charge is 1.98. The van der Waals surface area contributed by atoms with E-state index in [1.807, 2.05) is 24.3 Å². The van der Waals surface area contributed by atoms with Crippen LogP contribution in [0.2, 0.25) is 0 Å². The van der Waals surface area contributed by atoms with Crippen molar-refractivity contribution in [3.05, 3.63) is 60.7 Å². The van der Waals surface area contributed by atoms with Crippen LogP contribution in [0.5, 0.6) is 5.75 Å². The summed E-state index contributed by atoms with van der Waals surface area (Å²) in [6, 6.07) is 11.2. The predicted molar refractivity (Wildman–Crippen MR) is 83.8 cm³/mol. The summed E-state index contributed by atoms with van der Waals surface area (Å²) in [5, 5.41) is 25.4. The number of allylic oxidation sites excluding steroid dienone is 4. The quantitative estimate of drug-likeness (QED) is 0.334. The monoisotopic (exact) mass is 265 g/mol. The average Bonchev–Trinajstić information content (AvgIpc) is 2.44. The fourth-order valence-electron chi connectivity index (χ4n) is 1.73. The first kappa shape index (κ1) is 13.5. The number of nitrogens with one attached hydrogen (secondary N) is 2. The van der Waals surface area contributed by atoms with Crippen LogP contribution in [0.15, 0.2) is 60.7 Å². The van der Waals surface area contributed by atoms with E-state index in [2.05, 4.69) is 0 Å². The molecule has 0 aromatic heterocycles. The van der Waals surface area contributed by atoms with Crippen molar-refractivity contribution >= 4 is 27.9 Å². The molecular formula is C16H15N3O. The van der Waals surface area contributed by atoms with E-state index in [1.54, 1.807) is 36.4 Å². The normalized spacial score (nSPS) is 13.2. The van der Waals surface area contributed by atoms with Crippen molar-refractivity contribution < 1.29 is 5.11 Å². The van der Waals surface area contributed by atoms with Gasteiger partial charge >= 0.3 is 0 Å². The highest BCUT2D eigenvalue weighted by atomic mass is 16.3. The third-order valence-corrected chi connectivity index (χ3v) is 2.82. The molecule has 3 rings (SSSR count). The molecule has 1 aliphatic carbocycles. The number of hydrogen-bond donors (Lipinski definition) is 4. The number of aromatic hydroxyl groups is 1. The molecule has 100 valence electrons. The van der Waals surface area contributed by atoms with Crippen LogP contribution >= 0.6 is 0 Å². The highest BCUT2D eigenvalue weighted by Crippen LogP contribution is 2.26. The van der Waals surface area contributed by atoms with E-state index in [0.717, 1.165) is 10.8 Å². The van der Waals surface area contributed by atoms with Gasteiger partial charge in [-0.3, -0.25) is 10.8 Å². The van der Waals surface area contributed by atoms with Crippen molar-refractivity contribution in [1.29, 1.82) is 10.8 Å². The Kier molecular flexibility index (Phi) is 3.96. The third-order valence-electron chi connectivity index (χ3n) is 2.82. The second kappa shape index (κ2) is 5.84. The van der Waals surface area contributed by atoms with Crippen LogP contribution in [-0.2, 0) is 0 Å². The van der Waals surface area contributed by atoms with Gasteiger partial charge in [0.1, 0.15) is 5.75 Å². The fraction of sp³-hybridized carbons (Fsp3) is 0. The third kappa shape index (κ3) is 3.11. The maximum absolute atomic E-state index is 9.29. The van der Waals surface area contributed by atoms with E-state index in [0.29, 0.717) is 5.69 Å². The zero-order valence-corrected chi connectivity index (χ0v) is 10.8. The van der Waals surface area contributed by atoms with Gasteiger partial charge in [-0.1, -0.05) is 36.4 Å². The summed E-state index contributed by atoms with van der Waals surface area (Å²) in [6.45, 7) is 0. The van der Waals surface area contributed by atoms with Gasteiger partial charge in [0, 0.05) is 0 Å². The first-order valence-corrected chi connectivity index (χ1v) is 6.07. The Labute approximate surface area is 116 Å². The maximum atomic E-state index is 9.29. The van der Waals surface area contributed by atoms with Crippen molar-refractivity contribution in [1.82, 2.24) is 0 Å². The van der Waals surface area contributed by atoms with Gasteiger partial charge in [-0.25, -0.2) is 0 Å². The molecule has 0 saturated heterocycles. The van der Waals surface area contributed by atoms with E-state index in [4.69, 9.17) is 16.6 Å². The van der Waals surface area contributed by atoms with Crippen LogP contribution in [0.4, 0.5) is 5.69 Å². The maximum Gasteiger partial charge on any atom is 0.139 e. The first-order chi connectivity index (χ1) is 9.58. The molecule has 1 aliphatic rings. The van der Waals surface area contributed by atoms with Gasteiger partial charge in [-0.05, 0) is 35.1 Å². The van der Waals surface area contributed by atoms with Crippen molar-refractivity contribution in [2.24, 2.45) is 0 Å². The average molecular weight is 265 g/mol. The number of rotatable bonds is 0. The molecule has 4 heteroatoms. The van der Waals surface area contributed by atoms with Crippen LogP contribution in [0.1, 0.15) is 0 Å². The summed E-state index contributed by atoms with van der Waals surface area (Å²) in [7, 11) is 0. The Hall–Kier alpha value is -2.88. The van der Waals surface area contributed by atoms with Gasteiger partial charge in [0.25, 0.3) is 0 Å². The number of nitrogens with two attached hydrogens (primary N) is 1. The second-order valence-corrected chi connectivity index (χ2v) is 4.30. The summed E-state index contributed by atoms with van der Waals surface area (Å²) in [5.41, 5.74) is 6.53. The van der Waals surface area contributed by atoms with Crippen molar-refractivity contribution in [2.75, 3.05) is 5.73 Å². The van der Waals surface area contributed by atoms with Crippen LogP contribution in [-0.4, -0.2) is 16.5 Å². The smallest absolute Gasteiger partial charge is 0.139 e. The van der Waals surface area contributed by atoms with Gasteiger partial charge in [0.2, 0.25) is 0 Å². The Bertz CT molecular complexity index is 667. The Morgan fingerprint density at radius 2 is 1.35 bits per heavy atom. The molecule has 20 heavy (non-hydrogen) atoms. The number of phenols is 1. The molecule has 0 unspecified atom stereocenters. The lowest BCUT2D eigenvalue weighted by Crippen LogP contribution is -2.06. The van der Waals surface area contributed by atoms with Crippen molar-refractivity contribution in [3.8, 4) is 5.75 Å². The van der Waals surface area contributed by atoms with E-state index in [-0.39, 0.29) is 17.2 Å². The van der Waals surface area contributed by atoms with E-state index in [9.17, 15) is 5.11 Å². The minimum atomic E-state index is 0.147. The molecule has 4 nitrogen and oxygen atoms in total. The van der Waals surface area contributed by atoms with E-state index < -0.39 is 0 Å². The van der Waals surface area contributed by atoms with Gasteiger partial charge < -0.3 is 10.8 Å². The topological polar surface area (TPSA) is 94.0 Å². The molecule has 0 bridgehead atoms. The molecule has 2 aromatic carbocycles. The zero-order chi connectivity index (χ0) is 14.5. The van der Waals surface area contributed by atoms with Gasteiger partial charge in [0.15, 0.2) is 0 Å². The molecule has 0 amide bonds. The Morgan fingerprint density at radius 3 is 1.85 bits per heavy atom. The van der Waals surface area contributed by atoms with Crippen LogP contribution in [0.25, 0.3) is 10.8 Å². The zero-order valence-electron chi connectivity index (χ0n) is 10.8. The summed E-state index contributed by atoms with van der Waals surface area (Å²) >= 11 is 0. The number of anilines is 1. The van der Waals surface area contributed by atoms with Crippen LogP contribution < -0.4 is 5.73 Å². The number of nitrogen functional groups attached to an aromatic ring is 1. The lowest BCUT2D eigenvalue weighted by molar-refractivity contribution is 0.479. The standard InChI is InChI=1S/C10H9NO.C6H6N2/c11-9-5-7-3-1-2-4-8(7)6-10(9)12;7-5-3-1-2-4-6(5)8/h1-6,12H,11H2;1-4,7-8H. The molecule has 0 aliphatic heterocycles. The van der Waals surface area contributed by atoms with Gasteiger partial charge in [0.05, 0.1) is 17.1 Å². The predicted octanol–water partition coefficient (Wildman–Crippen LogP) is 3.28. The van der Waals surface area contributed by atoms with E-state index >= 15 is 0 Å². The minimum Gasteiger partial charge on any atom is -0.506 e. The number of phenolic OH excluding ortho intramolecular Hbond substituents is 1. The van der Waals surface area contributed by atoms with Crippen LogP contribution in [0.3, 0.4) is 0 Å². The van der Waals surface area contributed by atoms with Crippen LogP contribution in [0, 0.1) is 10.8 Å². The lowest BCUT2D eigenvalue weighted by Gasteiger charge is -2.01. The van der Waals surface area contributed by atoms with E-state index in [1.165, 1.54) is 0 Å². The lowest BCUT2D eigenvalue weighted by atomic mass is 10.1. The SMILES string of the molecule is N=C1C=CC=CC1=N.Nc1cc2ccccc2cc1O. The van der Waals surface area contributed by atoms with Crippen molar-refractivity contribution in [3.63, 3.8) is 0 Å².